The van der Waals surface area contributed by atoms with Crippen LogP contribution in [0, 0.1) is 20.8 Å². The summed E-state index contributed by atoms with van der Waals surface area (Å²) >= 11 is 0. The monoisotopic (exact) mass is 378 g/mol. The minimum Gasteiger partial charge on any atom is -0.484 e. The van der Waals surface area contributed by atoms with Gasteiger partial charge in [0.1, 0.15) is 5.75 Å². The number of H-pyrrole nitrogens is 1. The van der Waals surface area contributed by atoms with Crippen LogP contribution < -0.4 is 15.7 Å². The van der Waals surface area contributed by atoms with E-state index >= 15 is 0 Å². The van der Waals surface area contributed by atoms with Gasteiger partial charge in [-0.3, -0.25) is 14.7 Å². The third-order valence-corrected chi connectivity index (χ3v) is 4.36. The summed E-state index contributed by atoms with van der Waals surface area (Å²) in [5.41, 5.74) is 6.13. The van der Waals surface area contributed by atoms with Crippen LogP contribution in [0.25, 0.3) is 5.69 Å². The highest BCUT2D eigenvalue weighted by atomic mass is 16.5. The lowest BCUT2D eigenvalue weighted by atomic mass is 10.1. The van der Waals surface area contributed by atoms with E-state index in [1.165, 1.54) is 10.9 Å². The van der Waals surface area contributed by atoms with Gasteiger partial charge >= 0.3 is 0 Å². The molecule has 1 amide bonds. The fourth-order valence-electron chi connectivity index (χ4n) is 2.62. The summed E-state index contributed by atoms with van der Waals surface area (Å²) in [4.78, 5) is 24.5. The first kappa shape index (κ1) is 19.2. The second-order valence-electron chi connectivity index (χ2n) is 6.45. The average Bonchev–Trinajstić information content (AvgIpc) is 2.98. The van der Waals surface area contributed by atoms with Crippen LogP contribution in [0.5, 0.6) is 5.75 Å². The highest BCUT2D eigenvalue weighted by molar-refractivity contribution is 5.83. The standard InChI is InChI=1S/C21H22N4O3/c1-14-9-10-18(11-15(14)2)28-13-20(26)23-22-12-19-16(3)24-25(21(19)27)17-7-5-4-6-8-17/h4-12,24H,13H2,1-3H3,(H,23,26)/b22-12-. The van der Waals surface area contributed by atoms with Crippen LogP contribution in [-0.4, -0.2) is 28.5 Å². The minimum atomic E-state index is -0.411. The Bertz CT molecular complexity index is 1060. The van der Waals surface area contributed by atoms with Crippen molar-refractivity contribution in [2.75, 3.05) is 6.61 Å². The SMILES string of the molecule is Cc1ccc(OCC(=O)N/N=C\c2c(C)[nH]n(-c3ccccc3)c2=O)cc1C. The summed E-state index contributed by atoms with van der Waals surface area (Å²) in [5, 5.41) is 6.88. The number of aromatic amines is 1. The van der Waals surface area contributed by atoms with Gasteiger partial charge in [0, 0.05) is 5.69 Å². The number of aryl methyl sites for hydroxylation is 3. The van der Waals surface area contributed by atoms with Crippen molar-refractivity contribution >= 4 is 12.1 Å². The number of hydrogen-bond acceptors (Lipinski definition) is 4. The number of benzene rings is 2. The molecule has 0 saturated carbocycles. The van der Waals surface area contributed by atoms with Crippen molar-refractivity contribution < 1.29 is 9.53 Å². The maximum absolute atomic E-state index is 12.5. The molecule has 0 aliphatic carbocycles. The molecule has 0 unspecified atom stereocenters. The summed E-state index contributed by atoms with van der Waals surface area (Å²) in [6.07, 6.45) is 1.33. The van der Waals surface area contributed by atoms with Gasteiger partial charge in [-0.25, -0.2) is 10.1 Å². The molecule has 7 heteroatoms. The van der Waals surface area contributed by atoms with Gasteiger partial charge in [0.2, 0.25) is 0 Å². The third kappa shape index (κ3) is 4.37. The van der Waals surface area contributed by atoms with E-state index in [9.17, 15) is 9.59 Å². The van der Waals surface area contributed by atoms with Crippen molar-refractivity contribution in [3.63, 3.8) is 0 Å². The highest BCUT2D eigenvalue weighted by Crippen LogP contribution is 2.16. The van der Waals surface area contributed by atoms with E-state index in [1.807, 2.05) is 62.4 Å². The third-order valence-electron chi connectivity index (χ3n) is 4.36. The van der Waals surface area contributed by atoms with Gasteiger partial charge in [0.25, 0.3) is 11.5 Å². The van der Waals surface area contributed by atoms with Crippen molar-refractivity contribution in [2.24, 2.45) is 5.10 Å². The predicted octanol–water partition coefficient (Wildman–Crippen LogP) is 2.62. The lowest BCUT2D eigenvalue weighted by Crippen LogP contribution is -2.25. The smallest absolute Gasteiger partial charge is 0.280 e. The Morgan fingerprint density at radius 2 is 1.89 bits per heavy atom. The summed E-state index contributed by atoms with van der Waals surface area (Å²) in [5.74, 6) is 0.209. The van der Waals surface area contributed by atoms with E-state index in [0.29, 0.717) is 17.0 Å². The van der Waals surface area contributed by atoms with Gasteiger partial charge in [-0.05, 0) is 56.2 Å². The number of aromatic nitrogens is 2. The van der Waals surface area contributed by atoms with Crippen LogP contribution in [0.15, 0.2) is 58.4 Å². The first-order chi connectivity index (χ1) is 13.5. The molecule has 1 aromatic heterocycles. The van der Waals surface area contributed by atoms with Crippen LogP contribution in [0.3, 0.4) is 0 Å². The molecule has 0 bridgehead atoms. The quantitative estimate of drug-likeness (QED) is 0.510. The van der Waals surface area contributed by atoms with Gasteiger partial charge in [-0.2, -0.15) is 5.10 Å². The lowest BCUT2D eigenvalue weighted by Gasteiger charge is -2.07. The van der Waals surface area contributed by atoms with Gasteiger partial charge in [-0.15, -0.1) is 0 Å². The zero-order chi connectivity index (χ0) is 20.1. The second-order valence-corrected chi connectivity index (χ2v) is 6.45. The summed E-state index contributed by atoms with van der Waals surface area (Å²) in [6.45, 7) is 5.59. The number of rotatable bonds is 6. The molecule has 0 atom stereocenters. The molecule has 0 spiro atoms. The van der Waals surface area contributed by atoms with Crippen molar-refractivity contribution in [2.45, 2.75) is 20.8 Å². The summed E-state index contributed by atoms with van der Waals surface area (Å²) in [7, 11) is 0. The molecule has 2 aromatic carbocycles. The van der Waals surface area contributed by atoms with Gasteiger partial charge in [0.05, 0.1) is 17.5 Å². The highest BCUT2D eigenvalue weighted by Gasteiger charge is 2.10. The van der Waals surface area contributed by atoms with E-state index in [0.717, 1.165) is 16.8 Å². The van der Waals surface area contributed by atoms with E-state index in [4.69, 9.17) is 4.74 Å². The molecule has 0 saturated heterocycles. The lowest BCUT2D eigenvalue weighted by molar-refractivity contribution is -0.123. The van der Waals surface area contributed by atoms with Crippen molar-refractivity contribution in [3.8, 4) is 11.4 Å². The van der Waals surface area contributed by atoms with E-state index in [1.54, 1.807) is 6.92 Å². The maximum Gasteiger partial charge on any atom is 0.280 e. The number of carbonyl (C=O) groups is 1. The number of amides is 1. The topological polar surface area (TPSA) is 88.5 Å². The summed E-state index contributed by atoms with van der Waals surface area (Å²) in [6, 6.07) is 14.8. The van der Waals surface area contributed by atoms with Gasteiger partial charge in [-0.1, -0.05) is 24.3 Å². The first-order valence-corrected chi connectivity index (χ1v) is 8.84. The molecule has 1 heterocycles. The Morgan fingerprint density at radius 1 is 1.14 bits per heavy atom. The normalized spacial score (nSPS) is 11.0. The van der Waals surface area contributed by atoms with Crippen LogP contribution in [0.2, 0.25) is 0 Å². The van der Waals surface area contributed by atoms with Gasteiger partial charge in [0.15, 0.2) is 6.61 Å². The Hall–Kier alpha value is -3.61. The maximum atomic E-state index is 12.5. The molecule has 0 aliphatic rings. The second kappa shape index (κ2) is 8.39. The molecule has 0 aliphatic heterocycles. The number of hydrazone groups is 1. The minimum absolute atomic E-state index is 0.166. The fourth-order valence-corrected chi connectivity index (χ4v) is 2.62. The average molecular weight is 378 g/mol. The molecule has 0 fully saturated rings. The first-order valence-electron chi connectivity index (χ1n) is 8.84. The van der Waals surface area contributed by atoms with Gasteiger partial charge < -0.3 is 4.74 Å². The van der Waals surface area contributed by atoms with Crippen molar-refractivity contribution in [1.82, 2.24) is 15.2 Å². The number of ether oxygens (including phenoxy) is 1. The molecule has 144 valence electrons. The number of hydrogen-bond donors (Lipinski definition) is 2. The number of nitrogens with zero attached hydrogens (tertiary/aromatic N) is 2. The zero-order valence-electron chi connectivity index (χ0n) is 16.0. The Balaban J connectivity index is 1.61. The van der Waals surface area contributed by atoms with Crippen molar-refractivity contribution in [3.05, 3.63) is 81.3 Å². The van der Waals surface area contributed by atoms with Crippen LogP contribution in [-0.2, 0) is 4.79 Å². The molecule has 3 aromatic rings. The van der Waals surface area contributed by atoms with Crippen LogP contribution in [0.1, 0.15) is 22.4 Å². The van der Waals surface area contributed by atoms with Crippen LogP contribution in [0.4, 0.5) is 0 Å². The molecule has 28 heavy (non-hydrogen) atoms. The Kier molecular flexibility index (Phi) is 5.74. The fraction of sp³-hybridized carbons (Fsp3) is 0.190. The molecule has 0 radical (unpaired) electrons. The number of para-hydroxylation sites is 1. The summed E-state index contributed by atoms with van der Waals surface area (Å²) < 4.78 is 6.89. The molecular formula is C21H22N4O3. The molecule has 3 rings (SSSR count). The number of carbonyl (C=O) groups excluding carboxylic acids is 1. The molecular weight excluding hydrogens is 356 g/mol. The van der Waals surface area contributed by atoms with E-state index < -0.39 is 5.91 Å². The Morgan fingerprint density at radius 3 is 2.61 bits per heavy atom. The largest absolute Gasteiger partial charge is 0.484 e. The molecule has 2 N–H and O–H groups in total. The predicted molar refractivity (Wildman–Crippen MR) is 108 cm³/mol. The van der Waals surface area contributed by atoms with Crippen LogP contribution >= 0.6 is 0 Å². The molecule has 7 nitrogen and oxygen atoms in total. The van der Waals surface area contributed by atoms with Crippen molar-refractivity contribution in [1.29, 1.82) is 0 Å². The Labute approximate surface area is 162 Å². The number of nitrogens with one attached hydrogen (secondary N) is 2. The van der Waals surface area contributed by atoms with E-state index in [2.05, 4.69) is 15.6 Å². The van der Waals surface area contributed by atoms with E-state index in [-0.39, 0.29) is 12.2 Å². The zero-order valence-corrected chi connectivity index (χ0v) is 16.0.